The number of benzene rings is 2. The van der Waals surface area contributed by atoms with Gasteiger partial charge in [0.15, 0.2) is 0 Å². The van der Waals surface area contributed by atoms with Gasteiger partial charge in [0, 0.05) is 11.1 Å². The average Bonchev–Trinajstić information content (AvgIpc) is 2.54. The third-order valence-corrected chi connectivity index (χ3v) is 2.25. The number of rotatable bonds is 2. The Labute approximate surface area is 185 Å². The number of hydrogen-bond acceptors (Lipinski definition) is 8. The van der Waals surface area contributed by atoms with Crippen molar-refractivity contribution in [2.45, 2.75) is 39.9 Å². The van der Waals surface area contributed by atoms with Gasteiger partial charge in [-0.2, -0.15) is 0 Å². The van der Waals surface area contributed by atoms with Crippen molar-refractivity contribution in [1.82, 2.24) is 0 Å². The Morgan fingerprint density at radius 3 is 1.03 bits per heavy atom. The molecule has 0 spiro atoms. The maximum atomic E-state index is 10.2. The number of aromatic carboxylic acids is 2. The third kappa shape index (κ3) is 18.7. The van der Waals surface area contributed by atoms with E-state index in [9.17, 15) is 30.0 Å². The Morgan fingerprint density at radius 2 is 0.897 bits per heavy atom. The second-order valence-electron chi connectivity index (χ2n) is 5.71. The van der Waals surface area contributed by atoms with E-state index in [1.165, 1.54) is 36.4 Å². The average molecular weight is 440 g/mol. The molecule has 0 amide bonds. The number of carboxylic acids is 2. The van der Waals surface area contributed by atoms with Crippen molar-refractivity contribution >= 4 is 11.9 Å². The molecule has 0 fully saturated rings. The van der Waals surface area contributed by atoms with Crippen molar-refractivity contribution in [3.63, 3.8) is 0 Å². The van der Waals surface area contributed by atoms with Crippen LogP contribution in [0.4, 0.5) is 0 Å². The number of carbonyl (C=O) groups is 2. The van der Waals surface area contributed by atoms with E-state index in [1.54, 1.807) is 39.8 Å². The number of para-hydroxylation sites is 2. The molecule has 0 aliphatic heterocycles. The van der Waals surface area contributed by atoms with Crippen LogP contribution >= 0.6 is 0 Å². The molecule has 2 N–H and O–H groups in total. The monoisotopic (exact) mass is 440 g/mol. The summed E-state index contributed by atoms with van der Waals surface area (Å²) in [6, 6.07) is 11.3. The predicted molar refractivity (Wildman–Crippen MR) is 95.1 cm³/mol. The fourth-order valence-electron chi connectivity index (χ4n) is 1.29. The molecule has 0 bridgehead atoms. The zero-order valence-electron chi connectivity index (χ0n) is 16.6. The molecule has 156 valence electrons. The van der Waals surface area contributed by atoms with E-state index in [0.29, 0.717) is 0 Å². The van der Waals surface area contributed by atoms with E-state index in [4.69, 9.17) is 10.2 Å². The summed E-state index contributed by atoms with van der Waals surface area (Å²) in [4.78, 5) is 20.3. The van der Waals surface area contributed by atoms with Gasteiger partial charge >= 0.3 is 21.7 Å². The normalized spacial score (nSPS) is 8.83. The van der Waals surface area contributed by atoms with Gasteiger partial charge in [-0.25, -0.2) is 0 Å². The quantitative estimate of drug-likeness (QED) is 0.562. The molecule has 0 saturated heterocycles. The van der Waals surface area contributed by atoms with Crippen LogP contribution in [0.25, 0.3) is 0 Å². The summed E-state index contributed by atoms with van der Waals surface area (Å²) < 4.78 is 0. The molecule has 0 aromatic heterocycles. The van der Waals surface area contributed by atoms with E-state index in [0.717, 1.165) is 0 Å². The summed E-state index contributed by atoms with van der Waals surface area (Å²) in [7, 11) is 0. The summed E-state index contributed by atoms with van der Waals surface area (Å²) in [5.74, 6) is -3.25. The molecular formula is C20H24O8Ti. The fourth-order valence-corrected chi connectivity index (χ4v) is 1.29. The maximum Gasteiger partial charge on any atom is 4.00 e. The molecular weight excluding hydrogens is 416 g/mol. The molecule has 8 nitrogen and oxygen atoms in total. The summed E-state index contributed by atoms with van der Waals surface area (Å²) >= 11 is 0. The minimum absolute atomic E-state index is 0. The first-order chi connectivity index (χ1) is 12.9. The van der Waals surface area contributed by atoms with Gasteiger partial charge in [0.05, 0.1) is 11.9 Å². The fraction of sp³-hybridized carbons (Fsp3) is 0.300. The van der Waals surface area contributed by atoms with Crippen LogP contribution in [0.1, 0.15) is 48.4 Å². The van der Waals surface area contributed by atoms with Gasteiger partial charge in [-0.1, -0.05) is 52.0 Å². The van der Waals surface area contributed by atoms with Crippen molar-refractivity contribution < 1.29 is 61.9 Å². The van der Waals surface area contributed by atoms with Gasteiger partial charge in [0.25, 0.3) is 0 Å². The van der Waals surface area contributed by atoms with E-state index < -0.39 is 24.1 Å². The first-order valence-electron chi connectivity index (χ1n) is 8.20. The maximum absolute atomic E-state index is 10.2. The number of carboxylic acid groups (broad SMARTS) is 2. The second kappa shape index (κ2) is 17.7. The van der Waals surface area contributed by atoms with Crippen LogP contribution in [0.15, 0.2) is 48.5 Å². The minimum atomic E-state index is -1.36. The Morgan fingerprint density at radius 1 is 0.690 bits per heavy atom. The zero-order chi connectivity index (χ0) is 22.3. The van der Waals surface area contributed by atoms with Crippen LogP contribution < -0.4 is 20.4 Å². The van der Waals surface area contributed by atoms with Crippen molar-refractivity contribution in [3.05, 3.63) is 59.7 Å². The summed E-state index contributed by atoms with van der Waals surface area (Å²) in [6.07, 6.45) is -0.833. The molecule has 0 heterocycles. The smallest absolute Gasteiger partial charge is 0.852 e. The number of hydrogen-bond donors (Lipinski definition) is 2. The van der Waals surface area contributed by atoms with Crippen LogP contribution in [0.5, 0.6) is 11.5 Å². The van der Waals surface area contributed by atoms with Crippen LogP contribution in [-0.4, -0.2) is 34.4 Å². The van der Waals surface area contributed by atoms with Crippen LogP contribution in [0, 0.1) is 0 Å². The zero-order valence-corrected chi connectivity index (χ0v) is 18.2. The molecule has 0 aliphatic rings. The van der Waals surface area contributed by atoms with Gasteiger partial charge in [-0.3, -0.25) is 0 Å². The molecule has 0 unspecified atom stereocenters. The minimum Gasteiger partial charge on any atom is -0.852 e. The van der Waals surface area contributed by atoms with Crippen LogP contribution in [0.3, 0.4) is 0 Å². The predicted octanol–water partition coefficient (Wildman–Crippen LogP) is -0.981. The largest absolute Gasteiger partial charge is 4.00 e. The van der Waals surface area contributed by atoms with Gasteiger partial charge in [0.2, 0.25) is 0 Å². The topological polar surface area (TPSA) is 167 Å². The van der Waals surface area contributed by atoms with Gasteiger partial charge in [-0.05, 0) is 24.3 Å². The number of carbonyl (C=O) groups excluding carboxylic acids is 2. The van der Waals surface area contributed by atoms with Crippen molar-refractivity contribution in [2.75, 3.05) is 0 Å². The van der Waals surface area contributed by atoms with E-state index >= 15 is 0 Å². The molecule has 0 aliphatic carbocycles. The summed E-state index contributed by atoms with van der Waals surface area (Å²) in [5.41, 5.74) is -0.356. The second-order valence-corrected chi connectivity index (χ2v) is 5.71. The van der Waals surface area contributed by atoms with Gasteiger partial charge < -0.3 is 40.2 Å². The first-order valence-corrected chi connectivity index (χ1v) is 8.20. The number of aromatic hydroxyl groups is 2. The summed E-state index contributed by atoms with van der Waals surface area (Å²) in [5, 5.41) is 57.1. The van der Waals surface area contributed by atoms with Crippen molar-refractivity contribution in [3.8, 4) is 11.5 Å². The Hall–Kier alpha value is -2.39. The van der Waals surface area contributed by atoms with Crippen molar-refractivity contribution in [2.24, 2.45) is 0 Å². The Kier molecular flexibility index (Phi) is 19.1. The van der Waals surface area contributed by atoms with Crippen LogP contribution in [-0.2, 0) is 21.7 Å². The van der Waals surface area contributed by atoms with Gasteiger partial charge in [0.1, 0.15) is 11.5 Å². The SMILES string of the molecule is CC(C)[O-].CC(C)[O-].O=C([O-])c1ccccc1O.O=C([O-])c1ccccc1O.[Ti+4]. The Balaban J connectivity index is -0.000000336. The molecule has 0 radical (unpaired) electrons. The molecule has 2 aromatic rings. The molecule has 0 atom stereocenters. The Bertz CT molecular complexity index is 650. The standard InChI is InChI=1S/2C7H6O3.2C3H7O.Ti/c2*8-6-4-2-1-3-5(6)7(9)10;2*1-3(2)4;/h2*1-4,8H,(H,9,10);2*3H,1-2H3;/q;;2*-1;+4/p-2. The van der Waals surface area contributed by atoms with E-state index in [2.05, 4.69) is 0 Å². The van der Waals surface area contributed by atoms with E-state index in [1.807, 2.05) is 0 Å². The van der Waals surface area contributed by atoms with Crippen molar-refractivity contribution in [1.29, 1.82) is 0 Å². The molecule has 29 heavy (non-hydrogen) atoms. The number of phenols is 2. The van der Waals surface area contributed by atoms with Crippen LogP contribution in [0.2, 0.25) is 0 Å². The molecule has 9 heteroatoms. The molecule has 0 saturated carbocycles. The summed E-state index contributed by atoms with van der Waals surface area (Å²) in [6.45, 7) is 6.44. The molecule has 2 aromatic carbocycles. The first kappa shape index (κ1) is 31.3. The van der Waals surface area contributed by atoms with E-state index in [-0.39, 0.29) is 44.3 Å². The van der Waals surface area contributed by atoms with Gasteiger partial charge in [-0.15, -0.1) is 12.2 Å². The molecule has 2 rings (SSSR count). The third-order valence-electron chi connectivity index (χ3n) is 2.25.